The molecule has 1 N–H and O–H groups in total. The number of rotatable bonds is 3. The van der Waals surface area contributed by atoms with Crippen molar-refractivity contribution >= 4 is 29.5 Å². The van der Waals surface area contributed by atoms with Gasteiger partial charge in [0, 0.05) is 25.3 Å². The number of carboxylic acids is 1. The largest absolute Gasteiger partial charge is 0.480 e. The summed E-state index contributed by atoms with van der Waals surface area (Å²) in [6.07, 6.45) is 0.209. The number of carboxylic acid groups (broad SMARTS) is 1. The van der Waals surface area contributed by atoms with Gasteiger partial charge in [-0.05, 0) is 6.92 Å². The van der Waals surface area contributed by atoms with E-state index in [4.69, 9.17) is 5.11 Å². The number of thioether (sulfide) groups is 1. The van der Waals surface area contributed by atoms with E-state index in [1.165, 1.54) is 16.7 Å². The molecule has 0 aromatic heterocycles. The highest BCUT2D eigenvalue weighted by Crippen LogP contribution is 2.27. The number of carbonyl (C=O) groups is 3. The molecule has 2 fully saturated rings. The highest BCUT2D eigenvalue weighted by Gasteiger charge is 2.41. The first kappa shape index (κ1) is 13.2. The van der Waals surface area contributed by atoms with Crippen LogP contribution in [0.1, 0.15) is 13.3 Å². The maximum absolute atomic E-state index is 12.2. The Morgan fingerprint density at radius 3 is 2.78 bits per heavy atom. The number of likely N-dealkylation sites (tertiary alicyclic amines) is 1. The summed E-state index contributed by atoms with van der Waals surface area (Å²) < 4.78 is 0. The predicted octanol–water partition coefficient (Wildman–Crippen LogP) is -0.159. The van der Waals surface area contributed by atoms with E-state index in [1.807, 2.05) is 6.92 Å². The van der Waals surface area contributed by atoms with Crippen LogP contribution in [0, 0.1) is 5.92 Å². The van der Waals surface area contributed by atoms with Crippen molar-refractivity contribution in [3.8, 4) is 0 Å². The van der Waals surface area contributed by atoms with Crippen molar-refractivity contribution in [3.63, 3.8) is 0 Å². The third kappa shape index (κ3) is 2.31. The summed E-state index contributed by atoms with van der Waals surface area (Å²) in [7, 11) is 0. The average Bonchev–Trinajstić information content (AvgIpc) is 2.93. The summed E-state index contributed by atoms with van der Waals surface area (Å²) in [5.41, 5.74) is 0. The molecule has 2 saturated heterocycles. The maximum Gasteiger partial charge on any atom is 0.327 e. The standard InChI is InChI=1S/C11H16N2O4S/c1-2-12-4-7(3-9(12)14)10(15)13-6-18-5-8(13)11(16)17/h7-8H,2-6H2,1H3,(H,16,17). The second-order valence-corrected chi connectivity index (χ2v) is 5.50. The highest BCUT2D eigenvalue weighted by atomic mass is 32.2. The fourth-order valence-corrected chi connectivity index (χ4v) is 3.50. The molecule has 0 bridgehead atoms. The molecule has 0 aromatic rings. The Morgan fingerprint density at radius 2 is 2.22 bits per heavy atom. The van der Waals surface area contributed by atoms with Gasteiger partial charge >= 0.3 is 5.97 Å². The molecular weight excluding hydrogens is 256 g/mol. The Morgan fingerprint density at radius 1 is 1.50 bits per heavy atom. The van der Waals surface area contributed by atoms with Crippen LogP contribution in [0.25, 0.3) is 0 Å². The molecule has 0 saturated carbocycles. The average molecular weight is 272 g/mol. The Kier molecular flexibility index (Phi) is 3.79. The third-order valence-corrected chi connectivity index (χ3v) is 4.41. The molecule has 6 nitrogen and oxygen atoms in total. The third-order valence-electron chi connectivity index (χ3n) is 3.40. The van der Waals surface area contributed by atoms with Crippen molar-refractivity contribution < 1.29 is 19.5 Å². The van der Waals surface area contributed by atoms with E-state index < -0.39 is 12.0 Å². The van der Waals surface area contributed by atoms with E-state index in [0.717, 1.165) is 0 Å². The molecule has 0 radical (unpaired) electrons. The van der Waals surface area contributed by atoms with E-state index >= 15 is 0 Å². The van der Waals surface area contributed by atoms with Gasteiger partial charge in [0.2, 0.25) is 11.8 Å². The van der Waals surface area contributed by atoms with Gasteiger partial charge in [0.15, 0.2) is 0 Å². The number of hydrogen-bond donors (Lipinski definition) is 1. The van der Waals surface area contributed by atoms with Gasteiger partial charge in [-0.3, -0.25) is 9.59 Å². The molecule has 2 atom stereocenters. The van der Waals surface area contributed by atoms with Gasteiger partial charge in [0.25, 0.3) is 0 Å². The van der Waals surface area contributed by atoms with E-state index in [2.05, 4.69) is 0 Å². The van der Waals surface area contributed by atoms with E-state index in [0.29, 0.717) is 24.7 Å². The van der Waals surface area contributed by atoms with Crippen LogP contribution < -0.4 is 0 Å². The maximum atomic E-state index is 12.2. The number of amides is 2. The lowest BCUT2D eigenvalue weighted by Gasteiger charge is -2.23. The first-order chi connectivity index (χ1) is 8.54. The van der Waals surface area contributed by atoms with Crippen molar-refractivity contribution in [2.45, 2.75) is 19.4 Å². The minimum Gasteiger partial charge on any atom is -0.480 e. The summed E-state index contributed by atoms with van der Waals surface area (Å²) in [6.45, 7) is 2.89. The molecule has 2 rings (SSSR count). The lowest BCUT2D eigenvalue weighted by atomic mass is 10.1. The van der Waals surface area contributed by atoms with Crippen molar-refractivity contribution in [2.75, 3.05) is 24.7 Å². The topological polar surface area (TPSA) is 77.9 Å². The van der Waals surface area contributed by atoms with Gasteiger partial charge < -0.3 is 14.9 Å². The van der Waals surface area contributed by atoms with Gasteiger partial charge in [-0.15, -0.1) is 11.8 Å². The summed E-state index contributed by atoms with van der Waals surface area (Å²) in [4.78, 5) is 37.9. The SMILES string of the molecule is CCN1CC(C(=O)N2CSCC2C(=O)O)CC1=O. The molecular formula is C11H16N2O4S. The van der Waals surface area contributed by atoms with Crippen LogP contribution in [-0.2, 0) is 14.4 Å². The van der Waals surface area contributed by atoms with Crippen molar-refractivity contribution in [1.29, 1.82) is 0 Å². The Balaban J connectivity index is 2.04. The molecule has 18 heavy (non-hydrogen) atoms. The zero-order chi connectivity index (χ0) is 13.3. The summed E-state index contributed by atoms with van der Waals surface area (Å²) in [5, 5.41) is 9.04. The Bertz CT molecular complexity index is 387. The second kappa shape index (κ2) is 5.17. The number of nitrogens with zero attached hydrogens (tertiary/aromatic N) is 2. The minimum absolute atomic E-state index is 0.0189. The zero-order valence-corrected chi connectivity index (χ0v) is 11.0. The molecule has 2 amide bonds. The van der Waals surface area contributed by atoms with Crippen LogP contribution >= 0.6 is 11.8 Å². The van der Waals surface area contributed by atoms with Gasteiger partial charge in [-0.1, -0.05) is 0 Å². The first-order valence-electron chi connectivity index (χ1n) is 5.93. The monoisotopic (exact) mass is 272 g/mol. The van der Waals surface area contributed by atoms with E-state index in [1.54, 1.807) is 4.90 Å². The predicted molar refractivity (Wildman–Crippen MR) is 66.0 cm³/mol. The van der Waals surface area contributed by atoms with Crippen molar-refractivity contribution in [1.82, 2.24) is 9.80 Å². The lowest BCUT2D eigenvalue weighted by molar-refractivity contribution is -0.149. The van der Waals surface area contributed by atoms with Crippen LogP contribution in [0.5, 0.6) is 0 Å². The van der Waals surface area contributed by atoms with Crippen LogP contribution in [0.15, 0.2) is 0 Å². The Labute approximate surface area is 109 Å². The molecule has 2 aliphatic rings. The Hall–Kier alpha value is -1.24. The van der Waals surface area contributed by atoms with Gasteiger partial charge in [0.05, 0.1) is 11.8 Å². The molecule has 0 aromatic carbocycles. The lowest BCUT2D eigenvalue weighted by Crippen LogP contribution is -2.45. The molecule has 0 aliphatic carbocycles. The quantitative estimate of drug-likeness (QED) is 0.772. The molecule has 100 valence electrons. The summed E-state index contributed by atoms with van der Waals surface area (Å²) >= 11 is 1.44. The smallest absolute Gasteiger partial charge is 0.327 e. The van der Waals surface area contributed by atoms with Crippen LogP contribution in [0.4, 0.5) is 0 Å². The molecule has 0 spiro atoms. The number of aliphatic carboxylic acids is 1. The zero-order valence-electron chi connectivity index (χ0n) is 10.2. The van der Waals surface area contributed by atoms with Gasteiger partial charge in [-0.25, -0.2) is 4.79 Å². The summed E-state index contributed by atoms with van der Waals surface area (Å²) in [6, 6.07) is -0.742. The van der Waals surface area contributed by atoms with Gasteiger partial charge in [-0.2, -0.15) is 0 Å². The molecule has 7 heteroatoms. The normalized spacial score (nSPS) is 27.9. The van der Waals surface area contributed by atoms with Crippen LogP contribution in [0.2, 0.25) is 0 Å². The minimum atomic E-state index is -0.968. The highest BCUT2D eigenvalue weighted by molar-refractivity contribution is 7.99. The van der Waals surface area contributed by atoms with Crippen molar-refractivity contribution in [3.05, 3.63) is 0 Å². The van der Waals surface area contributed by atoms with Crippen molar-refractivity contribution in [2.24, 2.45) is 5.92 Å². The first-order valence-corrected chi connectivity index (χ1v) is 7.08. The van der Waals surface area contributed by atoms with Crippen LogP contribution in [0.3, 0.4) is 0 Å². The fourth-order valence-electron chi connectivity index (χ4n) is 2.34. The van der Waals surface area contributed by atoms with Crippen LogP contribution in [-0.4, -0.2) is 63.5 Å². The van der Waals surface area contributed by atoms with Gasteiger partial charge in [0.1, 0.15) is 6.04 Å². The molecule has 2 aliphatic heterocycles. The van der Waals surface area contributed by atoms with E-state index in [-0.39, 0.29) is 24.2 Å². The second-order valence-electron chi connectivity index (χ2n) is 4.50. The fraction of sp³-hybridized carbons (Fsp3) is 0.727. The van der Waals surface area contributed by atoms with E-state index in [9.17, 15) is 14.4 Å². The molecule has 2 unspecified atom stereocenters. The number of carbonyl (C=O) groups excluding carboxylic acids is 2. The molecule has 2 heterocycles. The summed E-state index contributed by atoms with van der Waals surface area (Å²) in [5.74, 6) is -0.722. The number of hydrogen-bond acceptors (Lipinski definition) is 4.